The molecule has 1 aliphatic carbocycles. The summed E-state index contributed by atoms with van der Waals surface area (Å²) in [6.07, 6.45) is 0.518. The molecule has 1 aromatic heterocycles. The minimum absolute atomic E-state index is 0.0308. The van der Waals surface area contributed by atoms with Gasteiger partial charge in [-0.3, -0.25) is 4.79 Å². The zero-order valence-corrected chi connectivity index (χ0v) is 23.7. The van der Waals surface area contributed by atoms with E-state index in [4.69, 9.17) is 4.74 Å². The van der Waals surface area contributed by atoms with Crippen LogP contribution in [0.1, 0.15) is 50.2 Å². The largest absolute Gasteiger partial charge is 0.480 e. The minimum Gasteiger partial charge on any atom is -0.480 e. The topological polar surface area (TPSA) is 113 Å². The lowest BCUT2D eigenvalue weighted by molar-refractivity contribution is -0.141. The van der Waals surface area contributed by atoms with Crippen molar-refractivity contribution in [2.45, 2.75) is 49.3 Å². The van der Waals surface area contributed by atoms with Crippen molar-refractivity contribution in [1.82, 2.24) is 9.62 Å². The maximum atomic E-state index is 13.2. The number of carboxylic acid groups (broad SMARTS) is 1. The van der Waals surface area contributed by atoms with Crippen LogP contribution in [0.2, 0.25) is 0 Å². The highest BCUT2D eigenvalue weighted by Crippen LogP contribution is 2.44. The number of nitrogens with zero attached hydrogens (tertiary/aromatic N) is 1. The van der Waals surface area contributed by atoms with Gasteiger partial charge in [-0.1, -0.05) is 68.4 Å². The quantitative estimate of drug-likeness (QED) is 0.260. The highest BCUT2D eigenvalue weighted by molar-refractivity contribution is 7.91. The van der Waals surface area contributed by atoms with E-state index >= 15 is 0 Å². The van der Waals surface area contributed by atoms with E-state index in [0.717, 1.165) is 37.9 Å². The van der Waals surface area contributed by atoms with Crippen LogP contribution in [0.4, 0.5) is 4.79 Å². The molecule has 0 unspecified atom stereocenters. The standard InChI is InChI=1S/C29H34N2O6S2/c1-20(2)18-31(39(35,36)27-15-9-17-38-27)26(28(32)33)14-7-8-16-30-29(34)37-19-25-23-12-5-3-10-21(23)22-11-4-6-13-24(22)25/h3-6,9-13,15,17,20,25-26H,7-8,14,16,18-19H2,1-2H3,(H,30,34)(H,32,33)/t26-/m0/s1. The van der Waals surface area contributed by atoms with Crippen molar-refractivity contribution in [1.29, 1.82) is 0 Å². The molecule has 1 aliphatic rings. The van der Waals surface area contributed by atoms with Crippen LogP contribution >= 0.6 is 11.3 Å². The number of sulfonamides is 1. The molecule has 2 aromatic carbocycles. The van der Waals surface area contributed by atoms with Crippen molar-refractivity contribution >= 4 is 33.4 Å². The first kappa shape index (κ1) is 28.8. The van der Waals surface area contributed by atoms with Gasteiger partial charge < -0.3 is 15.2 Å². The van der Waals surface area contributed by atoms with Gasteiger partial charge in [0.25, 0.3) is 10.0 Å². The lowest BCUT2D eigenvalue weighted by Crippen LogP contribution is -2.46. The number of carbonyl (C=O) groups is 2. The van der Waals surface area contributed by atoms with Crippen molar-refractivity contribution in [3.63, 3.8) is 0 Å². The second-order valence-corrected chi connectivity index (χ2v) is 13.1. The molecule has 0 radical (unpaired) electrons. The zero-order chi connectivity index (χ0) is 28.0. The number of thiophene rings is 1. The number of nitrogens with one attached hydrogen (secondary N) is 1. The smallest absolute Gasteiger partial charge is 0.407 e. The summed E-state index contributed by atoms with van der Waals surface area (Å²) in [5.74, 6) is -1.26. The predicted octanol–water partition coefficient (Wildman–Crippen LogP) is 5.56. The first-order valence-electron chi connectivity index (χ1n) is 13.1. The molecule has 3 aromatic rings. The molecule has 1 atom stereocenters. The van der Waals surface area contributed by atoms with Gasteiger partial charge in [0, 0.05) is 19.0 Å². The van der Waals surface area contributed by atoms with Gasteiger partial charge in [-0.2, -0.15) is 4.31 Å². The van der Waals surface area contributed by atoms with E-state index in [1.54, 1.807) is 11.4 Å². The fraction of sp³-hybridized carbons (Fsp3) is 0.379. The number of carbonyl (C=O) groups excluding carboxylic acids is 1. The summed E-state index contributed by atoms with van der Waals surface area (Å²) in [7, 11) is -3.93. The summed E-state index contributed by atoms with van der Waals surface area (Å²) in [5.41, 5.74) is 4.58. The number of unbranched alkanes of at least 4 members (excludes halogenated alkanes) is 1. The number of alkyl carbamates (subject to hydrolysis) is 1. The Hall–Kier alpha value is -3.21. The molecule has 0 spiro atoms. The van der Waals surface area contributed by atoms with Crippen LogP contribution in [0.15, 0.2) is 70.3 Å². The summed E-state index contributed by atoms with van der Waals surface area (Å²) < 4.78 is 33.2. The molecule has 10 heteroatoms. The van der Waals surface area contributed by atoms with Crippen molar-refractivity contribution in [2.24, 2.45) is 5.92 Å². The van der Waals surface area contributed by atoms with Gasteiger partial charge in [0.05, 0.1) is 0 Å². The maximum Gasteiger partial charge on any atom is 0.407 e. The average molecular weight is 571 g/mol. The Balaban J connectivity index is 1.28. The molecule has 0 fully saturated rings. The van der Waals surface area contributed by atoms with Gasteiger partial charge in [0.1, 0.15) is 16.9 Å². The van der Waals surface area contributed by atoms with Crippen LogP contribution in [0.5, 0.6) is 0 Å². The van der Waals surface area contributed by atoms with E-state index < -0.39 is 28.1 Å². The fourth-order valence-corrected chi connectivity index (χ4v) is 7.87. The summed E-state index contributed by atoms with van der Waals surface area (Å²) in [6.45, 7) is 4.33. The lowest BCUT2D eigenvalue weighted by Gasteiger charge is -2.29. The van der Waals surface area contributed by atoms with E-state index in [0.29, 0.717) is 19.4 Å². The third-order valence-electron chi connectivity index (χ3n) is 6.75. The number of carboxylic acids is 1. The third kappa shape index (κ3) is 6.69. The van der Waals surface area contributed by atoms with Gasteiger partial charge >= 0.3 is 12.1 Å². The number of aliphatic carboxylic acids is 1. The molecule has 8 nitrogen and oxygen atoms in total. The van der Waals surface area contributed by atoms with Gasteiger partial charge in [0.15, 0.2) is 0 Å². The zero-order valence-electron chi connectivity index (χ0n) is 22.1. The van der Waals surface area contributed by atoms with Gasteiger partial charge in [-0.25, -0.2) is 13.2 Å². The van der Waals surface area contributed by atoms with Gasteiger partial charge in [-0.05, 0) is 58.9 Å². The van der Waals surface area contributed by atoms with Crippen LogP contribution in [0.25, 0.3) is 11.1 Å². The van der Waals surface area contributed by atoms with Crippen molar-refractivity contribution < 1.29 is 27.9 Å². The van der Waals surface area contributed by atoms with Crippen molar-refractivity contribution in [3.05, 3.63) is 77.2 Å². The molecule has 0 aliphatic heterocycles. The van der Waals surface area contributed by atoms with Crippen LogP contribution in [0.3, 0.4) is 0 Å². The van der Waals surface area contributed by atoms with E-state index in [1.165, 1.54) is 6.07 Å². The molecule has 39 heavy (non-hydrogen) atoms. The Labute approximate surface area is 233 Å². The number of ether oxygens (including phenoxy) is 1. The normalized spacial score (nSPS) is 13.7. The Morgan fingerprint density at radius 1 is 1.00 bits per heavy atom. The second-order valence-electron chi connectivity index (χ2n) is 10.0. The van der Waals surface area contributed by atoms with E-state index in [2.05, 4.69) is 29.6 Å². The summed E-state index contributed by atoms with van der Waals surface area (Å²) in [4.78, 5) is 24.5. The predicted molar refractivity (Wildman–Crippen MR) is 151 cm³/mol. The molecule has 1 heterocycles. The molecule has 0 saturated heterocycles. The molecule has 2 N–H and O–H groups in total. The Morgan fingerprint density at radius 3 is 2.21 bits per heavy atom. The van der Waals surface area contributed by atoms with Crippen LogP contribution in [0, 0.1) is 5.92 Å². The van der Waals surface area contributed by atoms with Gasteiger partial charge in [0.2, 0.25) is 0 Å². The van der Waals surface area contributed by atoms with Crippen LogP contribution < -0.4 is 5.32 Å². The Morgan fingerprint density at radius 2 is 1.64 bits per heavy atom. The number of amides is 1. The average Bonchev–Trinajstić information content (AvgIpc) is 3.56. The highest BCUT2D eigenvalue weighted by atomic mass is 32.2. The highest BCUT2D eigenvalue weighted by Gasteiger charge is 2.36. The van der Waals surface area contributed by atoms with Crippen LogP contribution in [-0.2, 0) is 19.6 Å². The molecule has 1 amide bonds. The number of fused-ring (bicyclic) bond motifs is 3. The van der Waals surface area contributed by atoms with Crippen molar-refractivity contribution in [2.75, 3.05) is 19.7 Å². The minimum atomic E-state index is -3.93. The molecular formula is C29H34N2O6S2. The monoisotopic (exact) mass is 570 g/mol. The van der Waals surface area contributed by atoms with Gasteiger partial charge in [-0.15, -0.1) is 11.3 Å². The molecule has 4 rings (SSSR count). The molecule has 0 bridgehead atoms. The lowest BCUT2D eigenvalue weighted by atomic mass is 9.98. The van der Waals surface area contributed by atoms with E-state index in [1.807, 2.05) is 38.1 Å². The summed E-state index contributed by atoms with van der Waals surface area (Å²) in [6, 6.07) is 18.2. The Kier molecular flexibility index (Phi) is 9.42. The Bertz CT molecular complexity index is 1340. The molecular weight excluding hydrogens is 536 g/mol. The fourth-order valence-electron chi connectivity index (χ4n) is 4.97. The second kappa shape index (κ2) is 12.8. The molecule has 0 saturated carbocycles. The number of benzene rings is 2. The van der Waals surface area contributed by atoms with E-state index in [-0.39, 0.29) is 35.6 Å². The number of hydrogen-bond donors (Lipinski definition) is 2. The first-order chi connectivity index (χ1) is 18.7. The third-order valence-corrected chi connectivity index (χ3v) is 10.0. The van der Waals surface area contributed by atoms with E-state index in [9.17, 15) is 23.1 Å². The summed E-state index contributed by atoms with van der Waals surface area (Å²) in [5, 5.41) is 14.3. The first-order valence-corrected chi connectivity index (χ1v) is 15.4. The van der Waals surface area contributed by atoms with Crippen molar-refractivity contribution in [3.8, 4) is 11.1 Å². The summed E-state index contributed by atoms with van der Waals surface area (Å²) >= 11 is 1.07. The van der Waals surface area contributed by atoms with Crippen LogP contribution in [-0.4, -0.2) is 55.6 Å². The number of hydrogen-bond acceptors (Lipinski definition) is 6. The molecule has 208 valence electrons. The SMILES string of the molecule is CC(C)CN([C@@H](CCCCNC(=O)OCC1c2ccccc2-c2ccccc21)C(=O)O)S(=O)(=O)c1cccs1. The maximum absolute atomic E-state index is 13.2. The number of rotatable bonds is 13.